The Morgan fingerprint density at radius 3 is 1.07 bits per heavy atom. The van der Waals surface area contributed by atoms with Crippen LogP contribution in [-0.2, 0) is 62.3 Å². The lowest BCUT2D eigenvalue weighted by Gasteiger charge is -2.37. The number of hydrogen-bond donors (Lipinski definition) is 10. The molecule has 10 N–H and O–H groups in total. The zero-order valence-electron chi connectivity index (χ0n) is 54.8. The lowest BCUT2D eigenvalue weighted by Crippen LogP contribution is -2.62. The van der Waals surface area contributed by atoms with Crippen molar-refractivity contribution in [1.82, 2.24) is 52.3 Å². The van der Waals surface area contributed by atoms with Crippen LogP contribution < -0.4 is 42.5 Å². The van der Waals surface area contributed by atoms with Gasteiger partial charge in [0.15, 0.2) is 11.1 Å². The summed E-state index contributed by atoms with van der Waals surface area (Å²) >= 11 is 0. The number of fused-ring (bicyclic) bond motifs is 2. The average molecular weight is 1290 g/mol. The van der Waals surface area contributed by atoms with Crippen LogP contribution in [-0.4, -0.2) is 156 Å². The van der Waals surface area contributed by atoms with E-state index in [-0.39, 0.29) is 37.1 Å². The number of hydrogen-bond acceptors (Lipinski definition) is 12. The molecule has 4 saturated heterocycles. The Morgan fingerprint density at radius 1 is 0.457 bits per heavy atom. The van der Waals surface area contributed by atoms with Gasteiger partial charge >= 0.3 is 0 Å². The van der Waals surface area contributed by atoms with E-state index in [4.69, 9.17) is 0 Å². The molecule has 4 fully saturated rings. The van der Waals surface area contributed by atoms with Crippen LogP contribution in [0.3, 0.4) is 0 Å². The van der Waals surface area contributed by atoms with Gasteiger partial charge in [-0.25, -0.2) is 0 Å². The van der Waals surface area contributed by atoms with Crippen molar-refractivity contribution in [2.75, 3.05) is 40.4 Å². The van der Waals surface area contributed by atoms with Gasteiger partial charge in [-0.2, -0.15) is 0 Å². The van der Waals surface area contributed by atoms with E-state index in [1.54, 1.807) is 23.9 Å². The Labute approximate surface area is 552 Å². The van der Waals surface area contributed by atoms with Gasteiger partial charge in [0.1, 0.15) is 24.2 Å². The number of aryl methyl sites for hydroxylation is 2. The number of amides is 8. The van der Waals surface area contributed by atoms with Crippen molar-refractivity contribution in [2.24, 2.45) is 11.8 Å². The molecule has 0 radical (unpaired) electrons. The monoisotopic (exact) mass is 1280 g/mol. The summed E-state index contributed by atoms with van der Waals surface area (Å²) in [4.78, 5) is 119. The van der Waals surface area contributed by atoms with Gasteiger partial charge in [-0.3, -0.25) is 38.4 Å². The van der Waals surface area contributed by atoms with Crippen molar-refractivity contribution in [3.8, 4) is 0 Å². The molecule has 5 aromatic rings. The first-order chi connectivity index (χ1) is 45.7. The second kappa shape index (κ2) is 33.2. The zero-order valence-corrected chi connectivity index (χ0v) is 54.8. The normalized spacial score (nSPS) is 21.9. The van der Waals surface area contributed by atoms with Crippen molar-refractivity contribution in [2.45, 2.75) is 176 Å². The molecule has 4 heterocycles. The molecule has 94 heavy (non-hydrogen) atoms. The minimum Gasteiger partial charge on any atom is -0.396 e. The van der Waals surface area contributed by atoms with E-state index in [0.29, 0.717) is 112 Å². The van der Waals surface area contributed by atoms with Gasteiger partial charge < -0.3 is 62.5 Å². The van der Waals surface area contributed by atoms with Gasteiger partial charge in [0.25, 0.3) is 11.8 Å². The minimum absolute atomic E-state index is 0.280. The molecule has 20 heteroatoms. The summed E-state index contributed by atoms with van der Waals surface area (Å²) in [6.07, 6.45) is 9.27. The molecule has 5 aromatic carbocycles. The summed E-state index contributed by atoms with van der Waals surface area (Å²) in [5.41, 5.74) is 1.11. The van der Waals surface area contributed by atoms with Crippen LogP contribution in [0.2, 0.25) is 0 Å². The summed E-state index contributed by atoms with van der Waals surface area (Å²) in [7, 11) is 3.36. The van der Waals surface area contributed by atoms with Crippen molar-refractivity contribution in [3.63, 3.8) is 0 Å². The molecule has 4 aliphatic heterocycles. The Bertz CT molecular complexity index is 3040. The van der Waals surface area contributed by atoms with Crippen LogP contribution in [0.1, 0.15) is 137 Å². The van der Waals surface area contributed by atoms with Crippen molar-refractivity contribution >= 4 is 47.3 Å². The number of unbranched alkanes of at least 4 members (excludes halogenated alkanes) is 2. The highest BCUT2D eigenvalue weighted by molar-refractivity contribution is 6.01. The third-order valence-corrected chi connectivity index (χ3v) is 20.1. The Hall–Kier alpha value is -8.30. The Balaban J connectivity index is 0.807. The predicted molar refractivity (Wildman–Crippen MR) is 359 cm³/mol. The first-order valence-electron chi connectivity index (χ1n) is 34.0. The Morgan fingerprint density at radius 2 is 0.777 bits per heavy atom. The first-order valence-corrected chi connectivity index (χ1v) is 34.0. The molecule has 0 unspecified atom stereocenters. The maximum absolute atomic E-state index is 15.1. The van der Waals surface area contributed by atoms with E-state index >= 15 is 9.59 Å². The molecule has 10 atom stereocenters. The van der Waals surface area contributed by atoms with E-state index < -0.39 is 94.6 Å². The minimum atomic E-state index is -1.68. The highest BCUT2D eigenvalue weighted by atomic mass is 16.3. The van der Waals surface area contributed by atoms with E-state index in [2.05, 4.69) is 66.8 Å². The first kappa shape index (κ1) is 70.0. The number of aliphatic hydroxyl groups is 2. The van der Waals surface area contributed by atoms with Gasteiger partial charge in [0.2, 0.25) is 35.4 Å². The van der Waals surface area contributed by atoms with Crippen molar-refractivity contribution < 1.29 is 48.6 Å². The number of rotatable bonds is 30. The van der Waals surface area contributed by atoms with Crippen LogP contribution in [0.4, 0.5) is 0 Å². The average Bonchev–Trinajstić information content (AvgIpc) is 1.09. The van der Waals surface area contributed by atoms with E-state index in [9.17, 15) is 39.0 Å². The molecule has 20 nitrogen and oxygen atoms in total. The number of carbonyl (C=O) groups is 8. The van der Waals surface area contributed by atoms with Gasteiger partial charge in [0.05, 0.1) is 12.1 Å². The fourth-order valence-electron chi connectivity index (χ4n) is 14.7. The lowest BCUT2D eigenvalue weighted by molar-refractivity contribution is -0.145. The van der Waals surface area contributed by atoms with Gasteiger partial charge in [0, 0.05) is 50.2 Å². The summed E-state index contributed by atoms with van der Waals surface area (Å²) < 4.78 is 0. The lowest BCUT2D eigenvalue weighted by atomic mass is 9.81. The molecule has 0 bridgehead atoms. The smallest absolute Gasteiger partial charge is 0.255 e. The molecule has 502 valence electrons. The largest absolute Gasteiger partial charge is 0.396 e. The third kappa shape index (κ3) is 15.6. The quantitative estimate of drug-likeness (QED) is 0.0267. The number of nitrogens with zero attached hydrogens (tertiary/aromatic N) is 2. The third-order valence-electron chi connectivity index (χ3n) is 20.1. The number of benzene rings is 5. The molecule has 9 rings (SSSR count). The molecule has 0 saturated carbocycles. The topological polar surface area (TPSA) is 280 Å². The van der Waals surface area contributed by atoms with Gasteiger partial charge in [-0.15, -0.1) is 0 Å². The molecule has 4 aliphatic rings. The highest BCUT2D eigenvalue weighted by Gasteiger charge is 2.53. The standard InChI is InChI=1S/C74H96N10O10/c1-5-59(75-3)65(87)79-63-51(47-85)37-39-57-41-43-61(83(57)69(63)91)67(89)81-73(53-25-11-7-12-26-53,54-27-13-8-14-28-54)71(93)77-45-21-19-23-49-33-35-50(36-34-49)24-20-22-46-78-72(94)74(55-29-15-9-16-30-55,56-31-17-10-18-32-56)82-68(90)62-44-42-58-40-38-52(48-86)64(70(92)84(58)62)80-66(88)60(6-2)76-4/h7-18,25-36,51-52,57-64,75-76,85-86H,5-6,19-24,37-48H2,1-4H3,(H,77,93)(H,78,94)(H,79,87)(H,80,88)(H,81,89)(H,82,90)/t51-,52-,57+,58+,59+,60+,61+,62+,63+,64+/m1/s1. The summed E-state index contributed by atoms with van der Waals surface area (Å²) in [5.74, 6) is -4.41. The van der Waals surface area contributed by atoms with E-state index in [1.807, 2.05) is 135 Å². The maximum Gasteiger partial charge on any atom is 0.255 e. The van der Waals surface area contributed by atoms with Crippen LogP contribution in [0.25, 0.3) is 0 Å². The molecular formula is C74H96N10O10. The molecule has 8 amide bonds. The molecule has 0 spiro atoms. The number of aliphatic hydroxyl groups excluding tert-OH is 2. The van der Waals surface area contributed by atoms with Crippen LogP contribution >= 0.6 is 0 Å². The van der Waals surface area contributed by atoms with Crippen molar-refractivity contribution in [3.05, 3.63) is 179 Å². The molecular weight excluding hydrogens is 1190 g/mol. The van der Waals surface area contributed by atoms with Crippen LogP contribution in [0, 0.1) is 11.8 Å². The highest BCUT2D eigenvalue weighted by Crippen LogP contribution is 2.39. The number of nitrogens with one attached hydrogen (secondary N) is 8. The summed E-state index contributed by atoms with van der Waals surface area (Å²) in [5, 5.41) is 45.5. The van der Waals surface area contributed by atoms with Gasteiger partial charge in [-0.1, -0.05) is 159 Å². The van der Waals surface area contributed by atoms with Gasteiger partial charge in [-0.05, 0) is 150 Å². The maximum atomic E-state index is 15.1. The van der Waals surface area contributed by atoms with E-state index in [1.165, 1.54) is 0 Å². The zero-order chi connectivity index (χ0) is 66.8. The second-order valence-corrected chi connectivity index (χ2v) is 25.7. The Kier molecular flexibility index (Phi) is 24.7. The summed E-state index contributed by atoms with van der Waals surface area (Å²) in [6.45, 7) is 3.78. The van der Waals surface area contributed by atoms with Crippen molar-refractivity contribution in [1.29, 1.82) is 0 Å². The van der Waals surface area contributed by atoms with Crippen LogP contribution in [0.5, 0.6) is 0 Å². The fourth-order valence-corrected chi connectivity index (χ4v) is 14.7. The fraction of sp³-hybridized carbons (Fsp3) is 0.486. The van der Waals surface area contributed by atoms with Crippen LogP contribution in [0.15, 0.2) is 146 Å². The van der Waals surface area contributed by atoms with E-state index in [0.717, 1.165) is 36.8 Å². The molecule has 0 aliphatic carbocycles. The molecule has 0 aromatic heterocycles. The number of likely N-dealkylation sites (N-methyl/N-ethyl adjacent to an activating group) is 2. The summed E-state index contributed by atoms with van der Waals surface area (Å²) in [6, 6.07) is 39.4. The second-order valence-electron chi connectivity index (χ2n) is 25.7. The SMILES string of the molecule is CC[C@H](NC)C(=O)N[C@@H]1C(=O)N2[C@@H](CC[C@@H]1CO)CC[C@H]2C(=O)NC(C(=O)NCCCCc1ccc(CCCCNC(=O)C(NC(=O)[C@@H]2CC[C@@H]3CC[C@H](CO)[C@H](NC(=O)[C@H](CC)NC)C(=O)N32)(c2ccccc2)c2ccccc2)cc1)(c1ccccc1)c1ccccc1. The predicted octanol–water partition coefficient (Wildman–Crippen LogP) is 5.17. The number of carbonyl (C=O) groups excluding carboxylic acids is 8.